The van der Waals surface area contributed by atoms with E-state index in [2.05, 4.69) is 5.32 Å². The second kappa shape index (κ2) is 9.81. The van der Waals surface area contributed by atoms with Crippen molar-refractivity contribution in [1.82, 2.24) is 9.62 Å². The van der Waals surface area contributed by atoms with Crippen molar-refractivity contribution in [2.45, 2.75) is 44.2 Å². The molecule has 1 N–H and O–H groups in total. The Morgan fingerprint density at radius 3 is 2.47 bits per heavy atom. The molecule has 1 aliphatic rings. The minimum atomic E-state index is -3.65. The monoisotopic (exact) mass is 450 g/mol. The number of hydrogen-bond donors (Lipinski definition) is 1. The molecule has 0 spiro atoms. The van der Waals surface area contributed by atoms with E-state index < -0.39 is 10.0 Å². The summed E-state index contributed by atoms with van der Waals surface area (Å²) in [5.41, 5.74) is 0.959. The zero-order valence-corrected chi connectivity index (χ0v) is 18.7. The van der Waals surface area contributed by atoms with Gasteiger partial charge in [0, 0.05) is 24.7 Å². The third kappa shape index (κ3) is 5.74. The molecule has 8 heteroatoms. The van der Waals surface area contributed by atoms with Gasteiger partial charge in [-0.2, -0.15) is 4.31 Å². The van der Waals surface area contributed by atoms with E-state index in [-0.39, 0.29) is 29.4 Å². The van der Waals surface area contributed by atoms with Crippen molar-refractivity contribution in [3.8, 4) is 5.75 Å². The number of nitrogens with zero attached hydrogens (tertiary/aromatic N) is 1. The molecule has 1 heterocycles. The number of carbonyl (C=O) groups is 1. The summed E-state index contributed by atoms with van der Waals surface area (Å²) in [6.07, 6.45) is 1.42. The fourth-order valence-corrected chi connectivity index (χ4v) is 5.07. The van der Waals surface area contributed by atoms with Crippen LogP contribution in [0, 0.1) is 5.92 Å². The summed E-state index contributed by atoms with van der Waals surface area (Å²) in [7, 11) is -3.65. The Bertz CT molecular complexity index is 960. The van der Waals surface area contributed by atoms with E-state index in [0.29, 0.717) is 31.0 Å². The van der Waals surface area contributed by atoms with Crippen LogP contribution >= 0.6 is 11.6 Å². The van der Waals surface area contributed by atoms with Crippen molar-refractivity contribution in [2.24, 2.45) is 5.92 Å². The average molecular weight is 451 g/mol. The van der Waals surface area contributed by atoms with Gasteiger partial charge in [0.15, 0.2) is 0 Å². The van der Waals surface area contributed by atoms with Gasteiger partial charge in [0.05, 0.1) is 16.9 Å². The maximum atomic E-state index is 12.9. The molecule has 1 fully saturated rings. The molecular formula is C22H27ClN2O4S. The van der Waals surface area contributed by atoms with Gasteiger partial charge in [0.25, 0.3) is 0 Å². The lowest BCUT2D eigenvalue weighted by atomic mass is 9.99. The molecule has 1 aliphatic heterocycles. The normalized spacial score (nSPS) is 17.7. The fraction of sp³-hybridized carbons (Fsp3) is 0.409. The summed E-state index contributed by atoms with van der Waals surface area (Å²) in [5.74, 6) is 0.285. The van der Waals surface area contributed by atoms with Crippen LogP contribution in [0.4, 0.5) is 0 Å². The Labute approximate surface area is 183 Å². The highest BCUT2D eigenvalue weighted by Gasteiger charge is 2.33. The lowest BCUT2D eigenvalue weighted by molar-refractivity contribution is -0.126. The van der Waals surface area contributed by atoms with E-state index in [1.54, 1.807) is 12.1 Å². The summed E-state index contributed by atoms with van der Waals surface area (Å²) in [4.78, 5) is 12.9. The molecule has 2 aromatic rings. The molecule has 0 bridgehead atoms. The van der Waals surface area contributed by atoms with Crippen molar-refractivity contribution >= 4 is 27.5 Å². The van der Waals surface area contributed by atoms with Gasteiger partial charge in [-0.3, -0.25) is 4.79 Å². The highest BCUT2D eigenvalue weighted by atomic mass is 35.5. The Hall–Kier alpha value is -2.09. The number of halogens is 1. The van der Waals surface area contributed by atoms with Gasteiger partial charge in [-0.25, -0.2) is 8.42 Å². The Kier molecular flexibility index (Phi) is 7.39. The van der Waals surface area contributed by atoms with Crippen molar-refractivity contribution in [3.63, 3.8) is 0 Å². The molecule has 30 heavy (non-hydrogen) atoms. The van der Waals surface area contributed by atoms with Crippen LogP contribution in [0.2, 0.25) is 5.02 Å². The molecule has 0 aliphatic carbocycles. The van der Waals surface area contributed by atoms with E-state index in [1.807, 2.05) is 38.1 Å². The van der Waals surface area contributed by atoms with Crippen LogP contribution in [0.5, 0.6) is 5.75 Å². The van der Waals surface area contributed by atoms with E-state index in [0.717, 1.165) is 11.3 Å². The van der Waals surface area contributed by atoms with Crippen LogP contribution in [0.15, 0.2) is 53.4 Å². The number of amides is 1. The van der Waals surface area contributed by atoms with E-state index in [1.165, 1.54) is 16.4 Å². The third-order valence-corrected chi connectivity index (χ3v) is 7.10. The van der Waals surface area contributed by atoms with Gasteiger partial charge in [-0.15, -0.1) is 0 Å². The maximum Gasteiger partial charge on any atom is 0.243 e. The van der Waals surface area contributed by atoms with Crippen molar-refractivity contribution in [3.05, 3.63) is 59.1 Å². The maximum absolute atomic E-state index is 12.9. The summed E-state index contributed by atoms with van der Waals surface area (Å²) in [5, 5.41) is 3.41. The molecule has 0 saturated carbocycles. The number of piperidine rings is 1. The minimum absolute atomic E-state index is 0.106. The predicted octanol–water partition coefficient (Wildman–Crippen LogP) is 3.84. The predicted molar refractivity (Wildman–Crippen MR) is 117 cm³/mol. The molecule has 0 aromatic heterocycles. The molecular weight excluding hydrogens is 424 g/mol. The first-order valence-corrected chi connectivity index (χ1v) is 11.9. The fourth-order valence-electron chi connectivity index (χ4n) is 3.42. The number of sulfonamides is 1. The SMILES string of the molecule is CC(C)Oc1ccc(CNC(=O)C2CCCN(S(=O)(=O)c3ccc(Cl)cc3)C2)cc1. The van der Waals surface area contributed by atoms with E-state index in [4.69, 9.17) is 16.3 Å². The van der Waals surface area contributed by atoms with Gasteiger partial charge in [0.2, 0.25) is 15.9 Å². The van der Waals surface area contributed by atoms with Gasteiger partial charge in [-0.05, 0) is 68.7 Å². The molecule has 2 aromatic carbocycles. The molecule has 6 nitrogen and oxygen atoms in total. The van der Waals surface area contributed by atoms with Crippen LogP contribution in [-0.2, 0) is 21.4 Å². The van der Waals surface area contributed by atoms with Crippen LogP contribution in [0.1, 0.15) is 32.3 Å². The summed E-state index contributed by atoms with van der Waals surface area (Å²) >= 11 is 5.86. The number of carbonyl (C=O) groups excluding carboxylic acids is 1. The quantitative estimate of drug-likeness (QED) is 0.695. The van der Waals surface area contributed by atoms with Crippen LogP contribution in [0.3, 0.4) is 0 Å². The molecule has 1 unspecified atom stereocenters. The molecule has 3 rings (SSSR count). The lowest BCUT2D eigenvalue weighted by Gasteiger charge is -2.31. The smallest absolute Gasteiger partial charge is 0.243 e. The zero-order valence-electron chi connectivity index (χ0n) is 17.2. The number of nitrogens with one attached hydrogen (secondary N) is 1. The van der Waals surface area contributed by atoms with Crippen LogP contribution < -0.4 is 10.1 Å². The second-order valence-electron chi connectivity index (χ2n) is 7.68. The largest absolute Gasteiger partial charge is 0.491 e. The summed E-state index contributed by atoms with van der Waals surface area (Å²) in [6, 6.07) is 13.7. The van der Waals surface area contributed by atoms with Crippen molar-refractivity contribution in [2.75, 3.05) is 13.1 Å². The third-order valence-electron chi connectivity index (χ3n) is 4.97. The standard InChI is InChI=1S/C22H27ClN2O4S/c1-16(2)29-20-9-5-17(6-10-20)14-24-22(26)18-4-3-13-25(15-18)30(27,28)21-11-7-19(23)8-12-21/h5-12,16,18H,3-4,13-15H2,1-2H3,(H,24,26). The van der Waals surface area contributed by atoms with Gasteiger partial charge in [0.1, 0.15) is 5.75 Å². The first-order chi connectivity index (χ1) is 14.3. The molecule has 1 amide bonds. The summed E-state index contributed by atoms with van der Waals surface area (Å²) in [6.45, 7) is 4.91. The number of hydrogen-bond acceptors (Lipinski definition) is 4. The number of ether oxygens (including phenoxy) is 1. The van der Waals surface area contributed by atoms with Crippen LogP contribution in [-0.4, -0.2) is 37.8 Å². The highest BCUT2D eigenvalue weighted by Crippen LogP contribution is 2.25. The van der Waals surface area contributed by atoms with Crippen LogP contribution in [0.25, 0.3) is 0 Å². The first-order valence-electron chi connectivity index (χ1n) is 10.0. The second-order valence-corrected chi connectivity index (χ2v) is 10.1. The van der Waals surface area contributed by atoms with Gasteiger partial charge in [-0.1, -0.05) is 23.7 Å². The van der Waals surface area contributed by atoms with E-state index >= 15 is 0 Å². The number of benzene rings is 2. The number of rotatable bonds is 7. The first kappa shape index (κ1) is 22.6. The van der Waals surface area contributed by atoms with Gasteiger partial charge >= 0.3 is 0 Å². The molecule has 162 valence electrons. The van der Waals surface area contributed by atoms with E-state index in [9.17, 15) is 13.2 Å². The minimum Gasteiger partial charge on any atom is -0.491 e. The Balaban J connectivity index is 1.58. The average Bonchev–Trinajstić information content (AvgIpc) is 2.73. The molecule has 1 saturated heterocycles. The highest BCUT2D eigenvalue weighted by molar-refractivity contribution is 7.89. The molecule has 0 radical (unpaired) electrons. The Morgan fingerprint density at radius 1 is 1.17 bits per heavy atom. The van der Waals surface area contributed by atoms with Crippen molar-refractivity contribution < 1.29 is 17.9 Å². The zero-order chi connectivity index (χ0) is 21.7. The van der Waals surface area contributed by atoms with Gasteiger partial charge < -0.3 is 10.1 Å². The topological polar surface area (TPSA) is 75.7 Å². The lowest BCUT2D eigenvalue weighted by Crippen LogP contribution is -2.45. The Morgan fingerprint density at radius 2 is 1.83 bits per heavy atom. The van der Waals surface area contributed by atoms with Crippen molar-refractivity contribution in [1.29, 1.82) is 0 Å². The summed E-state index contributed by atoms with van der Waals surface area (Å²) < 4.78 is 32.8. The molecule has 1 atom stereocenters.